The van der Waals surface area contributed by atoms with E-state index in [1.165, 1.54) is 30.5 Å². The second-order valence-corrected chi connectivity index (χ2v) is 9.80. The van der Waals surface area contributed by atoms with Crippen LogP contribution in [0, 0.1) is 5.92 Å². The Morgan fingerprint density at radius 1 is 1.06 bits per heavy atom. The van der Waals surface area contributed by atoms with E-state index in [4.69, 9.17) is 0 Å². The number of benzene rings is 2. The smallest absolute Gasteiger partial charge is 0.307 e. The van der Waals surface area contributed by atoms with Crippen LogP contribution in [0.4, 0.5) is 5.69 Å². The molecule has 1 aromatic heterocycles. The number of H-pyrrole nitrogens is 1. The van der Waals surface area contributed by atoms with Crippen molar-refractivity contribution in [3.05, 3.63) is 65.4 Å². The lowest BCUT2D eigenvalue weighted by atomic mass is 9.94. The van der Waals surface area contributed by atoms with Gasteiger partial charge in [-0.25, -0.2) is 0 Å². The van der Waals surface area contributed by atoms with E-state index in [0.717, 1.165) is 41.5 Å². The van der Waals surface area contributed by atoms with Gasteiger partial charge in [0.05, 0.1) is 18.9 Å². The quantitative estimate of drug-likeness (QED) is 0.407. The van der Waals surface area contributed by atoms with Crippen LogP contribution in [0.3, 0.4) is 0 Å². The predicted molar refractivity (Wildman–Crippen MR) is 136 cm³/mol. The van der Waals surface area contributed by atoms with E-state index in [1.807, 2.05) is 18.2 Å². The summed E-state index contributed by atoms with van der Waals surface area (Å²) in [7, 11) is 0. The predicted octanol–water partition coefficient (Wildman–Crippen LogP) is 5.23. The van der Waals surface area contributed by atoms with Crippen molar-refractivity contribution in [2.24, 2.45) is 5.92 Å². The van der Waals surface area contributed by atoms with Gasteiger partial charge >= 0.3 is 5.97 Å². The zero-order chi connectivity index (χ0) is 24.1. The lowest BCUT2D eigenvalue weighted by Gasteiger charge is -2.33. The van der Waals surface area contributed by atoms with Gasteiger partial charge < -0.3 is 20.3 Å². The summed E-state index contributed by atoms with van der Waals surface area (Å²) in [4.78, 5) is 29.9. The third kappa shape index (κ3) is 5.79. The molecule has 3 N–H and O–H groups in total. The number of amides is 1. The summed E-state index contributed by atoms with van der Waals surface area (Å²) in [6, 6.07) is 14.2. The minimum atomic E-state index is -0.868. The number of aliphatic carboxylic acids is 1. The van der Waals surface area contributed by atoms with Gasteiger partial charge in [-0.2, -0.15) is 0 Å². The Bertz CT molecular complexity index is 1140. The van der Waals surface area contributed by atoms with Crippen LogP contribution in [-0.4, -0.2) is 35.1 Å². The van der Waals surface area contributed by atoms with Gasteiger partial charge in [-0.15, -0.1) is 0 Å². The lowest BCUT2D eigenvalue weighted by molar-refractivity contribution is -0.136. The largest absolute Gasteiger partial charge is 0.481 e. The van der Waals surface area contributed by atoms with Crippen LogP contribution in [0.2, 0.25) is 0 Å². The van der Waals surface area contributed by atoms with E-state index in [0.29, 0.717) is 5.92 Å². The summed E-state index contributed by atoms with van der Waals surface area (Å²) in [5, 5.41) is 13.4. The van der Waals surface area contributed by atoms with Crippen LogP contribution >= 0.6 is 0 Å². The van der Waals surface area contributed by atoms with Crippen molar-refractivity contribution >= 4 is 28.5 Å². The molecule has 1 unspecified atom stereocenters. The molecule has 1 aliphatic rings. The number of anilines is 1. The van der Waals surface area contributed by atoms with E-state index in [-0.39, 0.29) is 24.8 Å². The Labute approximate surface area is 201 Å². The van der Waals surface area contributed by atoms with Gasteiger partial charge in [0, 0.05) is 35.9 Å². The number of nitrogens with one attached hydrogen (secondary N) is 2. The number of rotatable bonds is 9. The van der Waals surface area contributed by atoms with Crippen molar-refractivity contribution < 1.29 is 14.7 Å². The maximum atomic E-state index is 13.2. The van der Waals surface area contributed by atoms with Crippen LogP contribution in [0.1, 0.15) is 62.3 Å². The van der Waals surface area contributed by atoms with Crippen molar-refractivity contribution in [2.75, 3.05) is 18.0 Å². The third-order valence-corrected chi connectivity index (χ3v) is 6.59. The average molecular weight is 462 g/mol. The Balaban J connectivity index is 1.53. The van der Waals surface area contributed by atoms with Crippen LogP contribution in [0.25, 0.3) is 10.9 Å². The second-order valence-electron chi connectivity index (χ2n) is 9.80. The van der Waals surface area contributed by atoms with Gasteiger partial charge in [0.15, 0.2) is 0 Å². The molecule has 3 aromatic rings. The molecule has 6 heteroatoms. The molecule has 1 fully saturated rings. The van der Waals surface area contributed by atoms with Gasteiger partial charge in [0.1, 0.15) is 0 Å². The number of carboxylic acid groups (broad SMARTS) is 1. The number of aromatic nitrogens is 1. The first-order chi connectivity index (χ1) is 16.4. The minimum Gasteiger partial charge on any atom is -0.481 e. The molecule has 1 aliphatic heterocycles. The molecule has 1 atom stereocenters. The van der Waals surface area contributed by atoms with Crippen molar-refractivity contribution in [1.82, 2.24) is 10.3 Å². The highest BCUT2D eigenvalue weighted by Gasteiger charge is 2.22. The summed E-state index contributed by atoms with van der Waals surface area (Å²) < 4.78 is 0. The highest BCUT2D eigenvalue weighted by atomic mass is 16.4. The fraction of sp³-hybridized carbons (Fsp3) is 0.429. The number of hydrogen-bond donors (Lipinski definition) is 3. The van der Waals surface area contributed by atoms with Gasteiger partial charge in [0.2, 0.25) is 5.91 Å². The molecule has 2 heterocycles. The van der Waals surface area contributed by atoms with Crippen molar-refractivity contribution in [3.63, 3.8) is 0 Å². The molecule has 34 heavy (non-hydrogen) atoms. The van der Waals surface area contributed by atoms with Crippen LogP contribution in [-0.2, 0) is 22.4 Å². The van der Waals surface area contributed by atoms with E-state index >= 15 is 0 Å². The van der Waals surface area contributed by atoms with Gasteiger partial charge in [-0.05, 0) is 66.5 Å². The van der Waals surface area contributed by atoms with E-state index < -0.39 is 5.97 Å². The number of fused-ring (bicyclic) bond motifs is 1. The molecule has 180 valence electrons. The number of aromatic amines is 1. The number of para-hydroxylation sites is 1. The van der Waals surface area contributed by atoms with Crippen molar-refractivity contribution in [3.8, 4) is 0 Å². The molecule has 0 aliphatic carbocycles. The molecule has 2 aromatic carbocycles. The molecule has 0 radical (unpaired) electrons. The van der Waals surface area contributed by atoms with Crippen LogP contribution in [0.15, 0.2) is 48.7 Å². The number of hydrogen-bond acceptors (Lipinski definition) is 3. The summed E-state index contributed by atoms with van der Waals surface area (Å²) in [6.45, 7) is 6.50. The minimum absolute atomic E-state index is 0.0197. The van der Waals surface area contributed by atoms with Gasteiger partial charge in [0.25, 0.3) is 0 Å². The Morgan fingerprint density at radius 2 is 1.82 bits per heavy atom. The first-order valence-electron chi connectivity index (χ1n) is 12.3. The molecular weight excluding hydrogens is 426 g/mol. The van der Waals surface area contributed by atoms with E-state index in [9.17, 15) is 14.7 Å². The summed E-state index contributed by atoms with van der Waals surface area (Å²) >= 11 is 0. The van der Waals surface area contributed by atoms with Crippen molar-refractivity contribution in [1.29, 1.82) is 0 Å². The Hall–Kier alpha value is -3.28. The highest BCUT2D eigenvalue weighted by molar-refractivity contribution is 5.88. The summed E-state index contributed by atoms with van der Waals surface area (Å²) in [6.07, 6.45) is 6.52. The molecule has 0 spiro atoms. The number of piperidine rings is 1. The number of carbonyl (C=O) groups is 2. The maximum Gasteiger partial charge on any atom is 0.307 e. The molecule has 0 saturated carbocycles. The third-order valence-electron chi connectivity index (χ3n) is 6.59. The monoisotopic (exact) mass is 461 g/mol. The maximum absolute atomic E-state index is 13.2. The second kappa shape index (κ2) is 10.8. The first-order valence-corrected chi connectivity index (χ1v) is 12.3. The van der Waals surface area contributed by atoms with E-state index in [2.05, 4.69) is 53.3 Å². The Morgan fingerprint density at radius 3 is 2.56 bits per heavy atom. The number of carbonyl (C=O) groups excluding carboxylic acids is 1. The number of carboxylic acids is 1. The molecule has 4 rings (SSSR count). The van der Waals surface area contributed by atoms with Crippen molar-refractivity contribution in [2.45, 2.75) is 58.4 Å². The first kappa shape index (κ1) is 23.9. The molecule has 1 saturated heterocycles. The zero-order valence-electron chi connectivity index (χ0n) is 20.1. The number of nitrogens with zero attached hydrogens (tertiary/aromatic N) is 1. The van der Waals surface area contributed by atoms with Gasteiger partial charge in [-0.1, -0.05) is 38.1 Å². The Kier molecular flexibility index (Phi) is 7.56. The molecule has 0 bridgehead atoms. The summed E-state index contributed by atoms with van der Waals surface area (Å²) in [5.41, 5.74) is 4.92. The standard InChI is InChI=1S/C28H35N3O3/c1-19(2)14-25(22-8-4-5-9-26(22)31-12-6-3-7-13-31)30-27(32)16-20-10-11-24-23(15-20)21(18-29-24)17-28(33)34/h4-5,8-11,15,18-19,25,29H,3,6-7,12-14,16-17H2,1-2H3,(H,30,32)(H,33,34). The highest BCUT2D eigenvalue weighted by Crippen LogP contribution is 2.32. The molecule has 6 nitrogen and oxygen atoms in total. The fourth-order valence-corrected chi connectivity index (χ4v) is 5.02. The molecule has 1 amide bonds. The fourth-order valence-electron chi connectivity index (χ4n) is 5.02. The van der Waals surface area contributed by atoms with Crippen LogP contribution < -0.4 is 10.2 Å². The topological polar surface area (TPSA) is 85.4 Å². The SMILES string of the molecule is CC(C)CC(NC(=O)Cc1ccc2[nH]cc(CC(=O)O)c2c1)c1ccccc1N1CCCCC1. The van der Waals surface area contributed by atoms with Gasteiger partial charge in [-0.3, -0.25) is 9.59 Å². The normalized spacial score (nSPS) is 15.0. The zero-order valence-corrected chi connectivity index (χ0v) is 20.1. The van der Waals surface area contributed by atoms with E-state index in [1.54, 1.807) is 6.20 Å². The summed E-state index contributed by atoms with van der Waals surface area (Å²) in [5.74, 6) is -0.448. The van der Waals surface area contributed by atoms with Crippen LogP contribution in [0.5, 0.6) is 0 Å². The molecular formula is C28H35N3O3. The average Bonchev–Trinajstić information content (AvgIpc) is 3.20. The lowest BCUT2D eigenvalue weighted by Crippen LogP contribution is -2.34.